The lowest BCUT2D eigenvalue weighted by molar-refractivity contribution is 0.406. The molecule has 1 N–H and O–H groups in total. The summed E-state index contributed by atoms with van der Waals surface area (Å²) in [4.78, 5) is 4.38. The highest BCUT2D eigenvalue weighted by atomic mass is 16.5. The molecular weight excluding hydrogens is 238 g/mol. The lowest BCUT2D eigenvalue weighted by atomic mass is 10.1. The smallest absolute Gasteiger partial charge is 0.139 e. The zero-order valence-electron chi connectivity index (χ0n) is 12.0. The highest BCUT2D eigenvalue weighted by molar-refractivity contribution is 5.59. The van der Waals surface area contributed by atoms with E-state index in [0.717, 1.165) is 29.2 Å². The van der Waals surface area contributed by atoms with Crippen molar-refractivity contribution in [2.75, 3.05) is 7.11 Å². The monoisotopic (exact) mass is 259 g/mol. The minimum Gasteiger partial charge on any atom is -0.496 e. The number of aromatic nitrogens is 2. The molecule has 1 heterocycles. The van der Waals surface area contributed by atoms with E-state index in [1.807, 2.05) is 36.1 Å². The van der Waals surface area contributed by atoms with E-state index >= 15 is 0 Å². The van der Waals surface area contributed by atoms with E-state index in [4.69, 9.17) is 4.74 Å². The number of nitrogens with zero attached hydrogens (tertiary/aromatic N) is 2. The van der Waals surface area contributed by atoms with E-state index in [-0.39, 0.29) is 0 Å². The van der Waals surface area contributed by atoms with Crippen LogP contribution < -0.4 is 10.1 Å². The maximum atomic E-state index is 5.41. The zero-order chi connectivity index (χ0) is 13.8. The number of ether oxygens (including phenoxy) is 1. The molecule has 1 aromatic heterocycles. The third-order valence-electron chi connectivity index (χ3n) is 3.06. The topological polar surface area (TPSA) is 39.1 Å². The lowest BCUT2D eigenvalue weighted by Crippen LogP contribution is -2.22. The highest BCUT2D eigenvalue weighted by Crippen LogP contribution is 2.25. The fourth-order valence-electron chi connectivity index (χ4n) is 2.01. The Kier molecular flexibility index (Phi) is 4.22. The van der Waals surface area contributed by atoms with Crippen LogP contribution in [-0.4, -0.2) is 22.7 Å². The molecule has 0 spiro atoms. The first-order chi connectivity index (χ1) is 9.11. The summed E-state index contributed by atoms with van der Waals surface area (Å²) in [6.45, 7) is 5.06. The first-order valence-corrected chi connectivity index (χ1v) is 6.50. The molecule has 0 radical (unpaired) electrons. The van der Waals surface area contributed by atoms with Crippen molar-refractivity contribution in [1.82, 2.24) is 14.9 Å². The van der Waals surface area contributed by atoms with Gasteiger partial charge in [0.2, 0.25) is 0 Å². The van der Waals surface area contributed by atoms with Crippen LogP contribution in [0.15, 0.2) is 30.6 Å². The number of hydrogen-bond acceptors (Lipinski definition) is 3. The van der Waals surface area contributed by atoms with E-state index in [9.17, 15) is 0 Å². The summed E-state index contributed by atoms with van der Waals surface area (Å²) in [7, 11) is 3.70. The second-order valence-corrected chi connectivity index (χ2v) is 4.92. The molecule has 4 nitrogen and oxygen atoms in total. The Bertz CT molecular complexity index is 546. The third kappa shape index (κ3) is 3.15. The van der Waals surface area contributed by atoms with Gasteiger partial charge in [-0.3, -0.25) is 0 Å². The summed E-state index contributed by atoms with van der Waals surface area (Å²) in [5.74, 6) is 1.87. The van der Waals surface area contributed by atoms with Crippen molar-refractivity contribution in [3.8, 4) is 17.1 Å². The molecule has 0 aliphatic rings. The molecule has 102 valence electrons. The molecule has 0 saturated heterocycles. The molecule has 0 unspecified atom stereocenters. The number of nitrogens with one attached hydrogen (secondary N) is 1. The average molecular weight is 259 g/mol. The molecule has 0 bridgehead atoms. The van der Waals surface area contributed by atoms with E-state index < -0.39 is 0 Å². The van der Waals surface area contributed by atoms with Crippen LogP contribution in [0.4, 0.5) is 0 Å². The summed E-state index contributed by atoms with van der Waals surface area (Å²) in [6, 6.07) is 6.62. The quantitative estimate of drug-likeness (QED) is 0.897. The van der Waals surface area contributed by atoms with Crippen LogP contribution >= 0.6 is 0 Å². The van der Waals surface area contributed by atoms with E-state index in [1.165, 1.54) is 0 Å². The van der Waals surface area contributed by atoms with Crippen LogP contribution in [-0.2, 0) is 13.6 Å². The molecule has 2 rings (SSSR count). The van der Waals surface area contributed by atoms with Crippen molar-refractivity contribution in [1.29, 1.82) is 0 Å². The lowest BCUT2D eigenvalue weighted by Gasteiger charge is -2.13. The minimum atomic E-state index is 0.446. The van der Waals surface area contributed by atoms with Gasteiger partial charge in [0.05, 0.1) is 7.11 Å². The van der Waals surface area contributed by atoms with Gasteiger partial charge in [-0.05, 0) is 18.2 Å². The van der Waals surface area contributed by atoms with Gasteiger partial charge in [0.1, 0.15) is 11.6 Å². The molecule has 2 aromatic rings. The maximum absolute atomic E-state index is 5.41. The van der Waals surface area contributed by atoms with Crippen molar-refractivity contribution in [3.05, 3.63) is 36.2 Å². The van der Waals surface area contributed by atoms with Crippen LogP contribution in [0.3, 0.4) is 0 Å². The number of aryl methyl sites for hydroxylation is 1. The summed E-state index contributed by atoms with van der Waals surface area (Å²) in [6.07, 6.45) is 3.76. The number of rotatable bonds is 5. The van der Waals surface area contributed by atoms with Crippen LogP contribution in [0.5, 0.6) is 5.75 Å². The van der Waals surface area contributed by atoms with Crippen LogP contribution in [0, 0.1) is 0 Å². The first-order valence-electron chi connectivity index (χ1n) is 6.50. The van der Waals surface area contributed by atoms with E-state index in [0.29, 0.717) is 6.04 Å². The standard InChI is InChI=1S/C15H21N3O/c1-11(2)17-10-13-9-12(5-6-14(13)19-4)15-16-7-8-18(15)3/h5-9,11,17H,10H2,1-4H3. The fraction of sp³-hybridized carbons (Fsp3) is 0.400. The predicted octanol–water partition coefficient (Wildman–Crippen LogP) is 2.59. The van der Waals surface area contributed by atoms with Crippen molar-refractivity contribution in [2.45, 2.75) is 26.4 Å². The second kappa shape index (κ2) is 5.89. The normalized spacial score (nSPS) is 11.0. The van der Waals surface area contributed by atoms with Gasteiger partial charge < -0.3 is 14.6 Å². The average Bonchev–Trinajstić information content (AvgIpc) is 2.82. The van der Waals surface area contributed by atoms with Gasteiger partial charge in [-0.25, -0.2) is 4.98 Å². The SMILES string of the molecule is COc1ccc(-c2nccn2C)cc1CNC(C)C. The predicted molar refractivity (Wildman–Crippen MR) is 77.2 cm³/mol. The number of imidazole rings is 1. The Morgan fingerprint density at radius 3 is 2.74 bits per heavy atom. The Morgan fingerprint density at radius 1 is 1.37 bits per heavy atom. The molecule has 19 heavy (non-hydrogen) atoms. The molecular formula is C15H21N3O. The Hall–Kier alpha value is -1.81. The van der Waals surface area contributed by atoms with Crippen molar-refractivity contribution in [3.63, 3.8) is 0 Å². The van der Waals surface area contributed by atoms with Gasteiger partial charge in [0.15, 0.2) is 0 Å². The van der Waals surface area contributed by atoms with E-state index in [2.05, 4.69) is 30.2 Å². The summed E-state index contributed by atoms with van der Waals surface area (Å²) < 4.78 is 7.43. The molecule has 0 aliphatic heterocycles. The summed E-state index contributed by atoms with van der Waals surface area (Å²) in [5.41, 5.74) is 2.26. The molecule has 0 fully saturated rings. The summed E-state index contributed by atoms with van der Waals surface area (Å²) >= 11 is 0. The van der Waals surface area contributed by atoms with Crippen LogP contribution in [0.1, 0.15) is 19.4 Å². The first kappa shape index (κ1) is 13.6. The zero-order valence-corrected chi connectivity index (χ0v) is 12.0. The van der Waals surface area contributed by atoms with Crippen molar-refractivity contribution < 1.29 is 4.74 Å². The van der Waals surface area contributed by atoms with Gasteiger partial charge in [-0.1, -0.05) is 13.8 Å². The maximum Gasteiger partial charge on any atom is 0.139 e. The third-order valence-corrected chi connectivity index (χ3v) is 3.06. The largest absolute Gasteiger partial charge is 0.496 e. The molecule has 0 atom stereocenters. The second-order valence-electron chi connectivity index (χ2n) is 4.92. The fourth-order valence-corrected chi connectivity index (χ4v) is 2.01. The van der Waals surface area contributed by atoms with E-state index in [1.54, 1.807) is 7.11 Å². The Labute approximate surface area is 114 Å². The van der Waals surface area contributed by atoms with Gasteiger partial charge in [-0.2, -0.15) is 0 Å². The van der Waals surface area contributed by atoms with Gasteiger partial charge in [0.25, 0.3) is 0 Å². The molecule has 0 aliphatic carbocycles. The van der Waals surface area contributed by atoms with Gasteiger partial charge >= 0.3 is 0 Å². The van der Waals surface area contributed by atoms with Gasteiger partial charge in [-0.15, -0.1) is 0 Å². The highest BCUT2D eigenvalue weighted by Gasteiger charge is 2.09. The Balaban J connectivity index is 2.32. The van der Waals surface area contributed by atoms with Crippen LogP contribution in [0.2, 0.25) is 0 Å². The molecule has 0 amide bonds. The summed E-state index contributed by atoms with van der Waals surface area (Å²) in [5, 5.41) is 3.42. The molecule has 1 aromatic carbocycles. The van der Waals surface area contributed by atoms with Crippen molar-refractivity contribution >= 4 is 0 Å². The number of hydrogen-bond donors (Lipinski definition) is 1. The van der Waals surface area contributed by atoms with Gasteiger partial charge in [0, 0.05) is 43.2 Å². The minimum absolute atomic E-state index is 0.446. The molecule has 0 saturated carbocycles. The number of benzene rings is 1. The van der Waals surface area contributed by atoms with Crippen molar-refractivity contribution in [2.24, 2.45) is 7.05 Å². The molecule has 4 heteroatoms. The Morgan fingerprint density at radius 2 is 2.16 bits per heavy atom. The van der Waals surface area contributed by atoms with Crippen LogP contribution in [0.25, 0.3) is 11.4 Å². The number of methoxy groups -OCH3 is 1.